The quantitative estimate of drug-likeness (QED) is 0.788. The first kappa shape index (κ1) is 17.9. The van der Waals surface area contributed by atoms with Gasteiger partial charge in [0.25, 0.3) is 0 Å². The molecule has 0 spiro atoms. The van der Waals surface area contributed by atoms with Crippen LogP contribution in [0, 0.1) is 5.92 Å². The normalized spacial score (nSPS) is 10.4. The van der Waals surface area contributed by atoms with E-state index in [0.717, 1.165) is 0 Å². The molecule has 0 aliphatic rings. The Morgan fingerprint density at radius 1 is 1.09 bits per heavy atom. The van der Waals surface area contributed by atoms with E-state index in [0.29, 0.717) is 30.3 Å². The first-order valence-corrected chi connectivity index (χ1v) is 7.46. The Morgan fingerprint density at radius 2 is 1.68 bits per heavy atom. The second kappa shape index (κ2) is 8.32. The van der Waals surface area contributed by atoms with Crippen LogP contribution < -0.4 is 5.32 Å². The van der Waals surface area contributed by atoms with E-state index in [2.05, 4.69) is 5.32 Å². The number of carbonyl (C=O) groups excluding carboxylic acids is 3. The van der Waals surface area contributed by atoms with Crippen LogP contribution in [0.3, 0.4) is 0 Å². The van der Waals surface area contributed by atoms with Crippen molar-refractivity contribution in [3.63, 3.8) is 0 Å². The summed E-state index contributed by atoms with van der Waals surface area (Å²) < 4.78 is 0. The van der Waals surface area contributed by atoms with Crippen molar-refractivity contribution in [1.29, 1.82) is 0 Å². The Balaban J connectivity index is 2.51. The van der Waals surface area contributed by atoms with Gasteiger partial charge in [0, 0.05) is 37.7 Å². The number of ketones is 1. The zero-order chi connectivity index (χ0) is 16.7. The van der Waals surface area contributed by atoms with Crippen LogP contribution in [-0.4, -0.2) is 35.6 Å². The van der Waals surface area contributed by atoms with Crippen molar-refractivity contribution in [3.8, 4) is 0 Å². The van der Waals surface area contributed by atoms with E-state index in [-0.39, 0.29) is 24.0 Å². The Kier molecular flexibility index (Phi) is 6.76. The predicted molar refractivity (Wildman–Crippen MR) is 86.8 cm³/mol. The molecule has 0 saturated carbocycles. The van der Waals surface area contributed by atoms with Crippen LogP contribution in [0.2, 0.25) is 0 Å². The van der Waals surface area contributed by atoms with Crippen molar-refractivity contribution < 1.29 is 14.4 Å². The molecule has 0 radical (unpaired) electrons. The summed E-state index contributed by atoms with van der Waals surface area (Å²) >= 11 is 0. The number of rotatable bonds is 7. The molecule has 0 aromatic heterocycles. The lowest BCUT2D eigenvalue weighted by Gasteiger charge is -2.22. The summed E-state index contributed by atoms with van der Waals surface area (Å²) in [7, 11) is 0. The van der Waals surface area contributed by atoms with Gasteiger partial charge in [0.05, 0.1) is 0 Å². The average molecular weight is 304 g/mol. The van der Waals surface area contributed by atoms with Gasteiger partial charge in [-0.1, -0.05) is 13.8 Å². The van der Waals surface area contributed by atoms with Gasteiger partial charge in [-0.25, -0.2) is 0 Å². The number of benzene rings is 1. The minimum absolute atomic E-state index is 0.0105. The van der Waals surface area contributed by atoms with Gasteiger partial charge >= 0.3 is 0 Å². The molecular formula is C17H24N2O3. The summed E-state index contributed by atoms with van der Waals surface area (Å²) in [6.07, 6.45) is 0.251. The number of hydrogen-bond donors (Lipinski definition) is 1. The molecule has 1 aromatic rings. The van der Waals surface area contributed by atoms with Gasteiger partial charge in [0.1, 0.15) is 0 Å². The maximum atomic E-state index is 11.9. The van der Waals surface area contributed by atoms with E-state index in [4.69, 9.17) is 0 Å². The molecular weight excluding hydrogens is 280 g/mol. The highest BCUT2D eigenvalue weighted by Gasteiger charge is 2.12. The van der Waals surface area contributed by atoms with Crippen LogP contribution in [0.5, 0.6) is 0 Å². The molecule has 0 aliphatic heterocycles. The lowest BCUT2D eigenvalue weighted by Crippen LogP contribution is -2.34. The van der Waals surface area contributed by atoms with Crippen molar-refractivity contribution in [2.45, 2.75) is 34.1 Å². The second-order valence-electron chi connectivity index (χ2n) is 5.79. The van der Waals surface area contributed by atoms with Gasteiger partial charge in [0.2, 0.25) is 11.8 Å². The zero-order valence-corrected chi connectivity index (χ0v) is 13.7. The molecule has 1 N–H and O–H groups in total. The van der Waals surface area contributed by atoms with E-state index < -0.39 is 0 Å². The molecule has 0 bridgehead atoms. The maximum Gasteiger partial charge on any atom is 0.226 e. The highest BCUT2D eigenvalue weighted by Crippen LogP contribution is 2.10. The zero-order valence-electron chi connectivity index (χ0n) is 13.7. The lowest BCUT2D eigenvalue weighted by atomic mass is 10.1. The number of carbonyl (C=O) groups is 3. The van der Waals surface area contributed by atoms with Crippen molar-refractivity contribution in [2.75, 3.05) is 18.4 Å². The molecule has 1 rings (SSSR count). The number of nitrogens with zero attached hydrogens (tertiary/aromatic N) is 1. The summed E-state index contributed by atoms with van der Waals surface area (Å²) in [5.41, 5.74) is 1.26. The fourth-order valence-electron chi connectivity index (χ4n) is 2.07. The highest BCUT2D eigenvalue weighted by molar-refractivity contribution is 5.95. The van der Waals surface area contributed by atoms with E-state index in [1.165, 1.54) is 13.8 Å². The number of amides is 2. The van der Waals surface area contributed by atoms with Crippen molar-refractivity contribution in [1.82, 2.24) is 4.90 Å². The lowest BCUT2D eigenvalue weighted by molar-refractivity contribution is -0.129. The predicted octanol–water partition coefficient (Wildman–Crippen LogP) is 2.72. The molecule has 0 atom stereocenters. The van der Waals surface area contributed by atoms with Crippen LogP contribution in [0.25, 0.3) is 0 Å². The van der Waals surface area contributed by atoms with E-state index in [9.17, 15) is 14.4 Å². The Bertz CT molecular complexity index is 535. The largest absolute Gasteiger partial charge is 0.342 e. The average Bonchev–Trinajstić information content (AvgIpc) is 2.43. The summed E-state index contributed by atoms with van der Waals surface area (Å²) in [5.74, 6) is 0.188. The van der Waals surface area contributed by atoms with Crippen LogP contribution in [-0.2, 0) is 9.59 Å². The summed E-state index contributed by atoms with van der Waals surface area (Å²) in [6, 6.07) is 6.76. The molecule has 120 valence electrons. The molecule has 5 heteroatoms. The van der Waals surface area contributed by atoms with Gasteiger partial charge in [-0.05, 0) is 37.1 Å². The molecule has 5 nitrogen and oxygen atoms in total. The third kappa shape index (κ3) is 6.08. The molecule has 0 heterocycles. The monoisotopic (exact) mass is 304 g/mol. The number of hydrogen-bond acceptors (Lipinski definition) is 3. The Labute approximate surface area is 131 Å². The van der Waals surface area contributed by atoms with Crippen LogP contribution in [0.15, 0.2) is 24.3 Å². The third-order valence-electron chi connectivity index (χ3n) is 3.21. The van der Waals surface area contributed by atoms with Gasteiger partial charge in [-0.2, -0.15) is 0 Å². The smallest absolute Gasteiger partial charge is 0.226 e. The van der Waals surface area contributed by atoms with Gasteiger partial charge in [-0.3, -0.25) is 14.4 Å². The van der Waals surface area contributed by atoms with Gasteiger partial charge in [-0.15, -0.1) is 0 Å². The molecule has 22 heavy (non-hydrogen) atoms. The van der Waals surface area contributed by atoms with E-state index in [1.807, 2.05) is 13.8 Å². The fourth-order valence-corrected chi connectivity index (χ4v) is 2.07. The molecule has 0 fully saturated rings. The van der Waals surface area contributed by atoms with Crippen LogP contribution in [0.4, 0.5) is 5.69 Å². The van der Waals surface area contributed by atoms with Gasteiger partial charge in [0.15, 0.2) is 5.78 Å². The van der Waals surface area contributed by atoms with E-state index >= 15 is 0 Å². The minimum atomic E-state index is -0.148. The number of Topliss-reactive ketones (excluding diaryl/α,β-unsaturated/α-hetero) is 1. The standard InChI is InChI=1S/C17H24N2O3/c1-12(2)11-19(14(4)21)10-9-17(22)18-16-7-5-15(6-8-16)13(3)20/h5-8,12H,9-11H2,1-4H3,(H,18,22). The first-order valence-electron chi connectivity index (χ1n) is 7.46. The van der Waals surface area contributed by atoms with Gasteiger partial charge < -0.3 is 10.2 Å². The Hall–Kier alpha value is -2.17. The van der Waals surface area contributed by atoms with Crippen molar-refractivity contribution >= 4 is 23.3 Å². The highest BCUT2D eigenvalue weighted by atomic mass is 16.2. The summed E-state index contributed by atoms with van der Waals surface area (Å²) in [5, 5.41) is 2.77. The molecule has 0 saturated heterocycles. The molecule has 2 amide bonds. The van der Waals surface area contributed by atoms with Crippen molar-refractivity contribution in [2.24, 2.45) is 5.92 Å². The van der Waals surface area contributed by atoms with Crippen LogP contribution in [0.1, 0.15) is 44.5 Å². The Morgan fingerprint density at radius 3 is 2.14 bits per heavy atom. The number of anilines is 1. The minimum Gasteiger partial charge on any atom is -0.342 e. The topological polar surface area (TPSA) is 66.5 Å². The molecule has 0 aliphatic carbocycles. The summed E-state index contributed by atoms with van der Waals surface area (Å²) in [4.78, 5) is 36.3. The third-order valence-corrected chi connectivity index (χ3v) is 3.21. The van der Waals surface area contributed by atoms with Crippen LogP contribution >= 0.6 is 0 Å². The van der Waals surface area contributed by atoms with E-state index in [1.54, 1.807) is 29.2 Å². The maximum absolute atomic E-state index is 11.9. The van der Waals surface area contributed by atoms with Crippen molar-refractivity contribution in [3.05, 3.63) is 29.8 Å². The molecule has 0 unspecified atom stereocenters. The summed E-state index contributed by atoms with van der Waals surface area (Å²) in [6.45, 7) is 8.14. The second-order valence-corrected chi connectivity index (χ2v) is 5.79. The SMILES string of the molecule is CC(=O)c1ccc(NC(=O)CCN(CC(C)C)C(C)=O)cc1. The number of nitrogens with one attached hydrogen (secondary N) is 1. The molecule has 1 aromatic carbocycles. The fraction of sp³-hybridized carbons (Fsp3) is 0.471. The first-order chi connectivity index (χ1) is 10.3.